The van der Waals surface area contributed by atoms with E-state index in [0.29, 0.717) is 6.17 Å². The highest BCUT2D eigenvalue weighted by Gasteiger charge is 2.03. The van der Waals surface area contributed by atoms with E-state index in [9.17, 15) is 0 Å². The van der Waals surface area contributed by atoms with Gasteiger partial charge >= 0.3 is 0 Å². The quantitative estimate of drug-likeness (QED) is 0.532. The molecule has 0 saturated heterocycles. The third kappa shape index (κ3) is 1.30. The van der Waals surface area contributed by atoms with Crippen LogP contribution in [0.2, 0.25) is 0 Å². The van der Waals surface area contributed by atoms with Gasteiger partial charge in [-0.15, -0.1) is 0 Å². The van der Waals surface area contributed by atoms with Crippen LogP contribution in [0, 0.1) is 0 Å². The van der Waals surface area contributed by atoms with Crippen LogP contribution in [0.25, 0.3) is 0 Å². The summed E-state index contributed by atoms with van der Waals surface area (Å²) in [4.78, 5) is 4.21. The van der Waals surface area contributed by atoms with Gasteiger partial charge in [-0.3, -0.25) is 10.3 Å². The van der Waals surface area contributed by atoms with Crippen molar-refractivity contribution in [3.8, 4) is 0 Å². The standard InChI is InChI=1S/C6H12N2/c1-7-6-4-2-3-5-8-6/h5-7H,2-4H2,1H3. The SMILES string of the molecule is CNC1CCCC=N1. The van der Waals surface area contributed by atoms with Gasteiger partial charge < -0.3 is 0 Å². The fourth-order valence-corrected chi connectivity index (χ4v) is 0.898. The van der Waals surface area contributed by atoms with Crippen LogP contribution >= 0.6 is 0 Å². The summed E-state index contributed by atoms with van der Waals surface area (Å²) in [6.07, 6.45) is 6.06. The average Bonchev–Trinajstić information content (AvgIpc) is 1.90. The van der Waals surface area contributed by atoms with Gasteiger partial charge in [0.15, 0.2) is 0 Å². The van der Waals surface area contributed by atoms with Crippen LogP contribution < -0.4 is 5.32 Å². The van der Waals surface area contributed by atoms with E-state index < -0.39 is 0 Å². The summed E-state index contributed by atoms with van der Waals surface area (Å²) in [7, 11) is 1.95. The first-order valence-corrected chi connectivity index (χ1v) is 3.12. The molecule has 0 saturated carbocycles. The van der Waals surface area contributed by atoms with Crippen LogP contribution in [0.5, 0.6) is 0 Å². The van der Waals surface area contributed by atoms with Crippen molar-refractivity contribution >= 4 is 6.21 Å². The topological polar surface area (TPSA) is 24.4 Å². The Morgan fingerprint density at radius 2 is 2.62 bits per heavy atom. The maximum atomic E-state index is 4.21. The van der Waals surface area contributed by atoms with Gasteiger partial charge in [0.25, 0.3) is 0 Å². The van der Waals surface area contributed by atoms with Crippen molar-refractivity contribution < 1.29 is 0 Å². The predicted molar refractivity (Wildman–Crippen MR) is 35.2 cm³/mol. The molecule has 0 aromatic rings. The number of hydrogen-bond acceptors (Lipinski definition) is 2. The Morgan fingerprint density at radius 1 is 1.75 bits per heavy atom. The maximum absolute atomic E-state index is 4.21. The van der Waals surface area contributed by atoms with Crippen molar-refractivity contribution in [1.82, 2.24) is 5.32 Å². The molecule has 1 rings (SSSR count). The Kier molecular flexibility index (Phi) is 2.03. The molecule has 1 heterocycles. The van der Waals surface area contributed by atoms with Gasteiger partial charge in [0, 0.05) is 6.21 Å². The molecule has 1 unspecified atom stereocenters. The summed E-state index contributed by atoms with van der Waals surface area (Å²) < 4.78 is 0. The summed E-state index contributed by atoms with van der Waals surface area (Å²) in [6, 6.07) is 0. The highest BCUT2D eigenvalue weighted by molar-refractivity contribution is 5.58. The van der Waals surface area contributed by atoms with Crippen molar-refractivity contribution in [3.05, 3.63) is 0 Å². The van der Waals surface area contributed by atoms with E-state index in [1.165, 1.54) is 12.8 Å². The predicted octanol–water partition coefficient (Wildman–Crippen LogP) is 0.787. The molecule has 0 amide bonds. The molecule has 2 heteroatoms. The van der Waals surface area contributed by atoms with Crippen molar-refractivity contribution in [2.75, 3.05) is 7.05 Å². The van der Waals surface area contributed by atoms with Crippen LogP contribution in [-0.4, -0.2) is 19.4 Å². The molecule has 0 fully saturated rings. The number of aliphatic imine (C=N–C) groups is 1. The molecule has 46 valence electrons. The van der Waals surface area contributed by atoms with Gasteiger partial charge in [0.1, 0.15) is 0 Å². The minimum Gasteiger partial charge on any atom is -0.299 e. The van der Waals surface area contributed by atoms with Gasteiger partial charge in [-0.2, -0.15) is 0 Å². The first-order valence-electron chi connectivity index (χ1n) is 3.12. The van der Waals surface area contributed by atoms with Gasteiger partial charge in [0.2, 0.25) is 0 Å². The molecule has 0 spiro atoms. The lowest BCUT2D eigenvalue weighted by Crippen LogP contribution is -2.24. The summed E-state index contributed by atoms with van der Waals surface area (Å²) in [6.45, 7) is 0. The molecule has 2 nitrogen and oxygen atoms in total. The van der Waals surface area contributed by atoms with Gasteiger partial charge in [0.05, 0.1) is 6.17 Å². The summed E-state index contributed by atoms with van der Waals surface area (Å²) in [5.41, 5.74) is 0. The monoisotopic (exact) mass is 112 g/mol. The van der Waals surface area contributed by atoms with Crippen molar-refractivity contribution in [3.63, 3.8) is 0 Å². The van der Waals surface area contributed by atoms with Crippen LogP contribution in [0.1, 0.15) is 19.3 Å². The van der Waals surface area contributed by atoms with E-state index in [2.05, 4.69) is 10.3 Å². The maximum Gasteiger partial charge on any atom is 0.0987 e. The summed E-state index contributed by atoms with van der Waals surface area (Å²) in [5, 5.41) is 3.11. The highest BCUT2D eigenvalue weighted by Crippen LogP contribution is 2.05. The zero-order valence-corrected chi connectivity index (χ0v) is 5.22. The zero-order chi connectivity index (χ0) is 5.82. The third-order valence-electron chi connectivity index (χ3n) is 1.43. The van der Waals surface area contributed by atoms with E-state index >= 15 is 0 Å². The normalized spacial score (nSPS) is 28.4. The van der Waals surface area contributed by atoms with E-state index in [4.69, 9.17) is 0 Å². The minimum atomic E-state index is 0.406. The van der Waals surface area contributed by atoms with E-state index in [0.717, 1.165) is 6.42 Å². The Labute approximate surface area is 50.0 Å². The van der Waals surface area contributed by atoms with Crippen molar-refractivity contribution in [2.24, 2.45) is 4.99 Å². The smallest absolute Gasteiger partial charge is 0.0987 e. The lowest BCUT2D eigenvalue weighted by Gasteiger charge is -2.13. The first-order chi connectivity index (χ1) is 3.93. The molecule has 0 aromatic heterocycles. The fraction of sp³-hybridized carbons (Fsp3) is 0.833. The van der Waals surface area contributed by atoms with Gasteiger partial charge in [-0.25, -0.2) is 0 Å². The van der Waals surface area contributed by atoms with Crippen LogP contribution in [0.15, 0.2) is 4.99 Å². The number of nitrogens with zero attached hydrogens (tertiary/aromatic N) is 1. The van der Waals surface area contributed by atoms with Crippen LogP contribution in [0.4, 0.5) is 0 Å². The number of hydrogen-bond donors (Lipinski definition) is 1. The zero-order valence-electron chi connectivity index (χ0n) is 5.22. The molecule has 0 bridgehead atoms. The molecule has 1 N–H and O–H groups in total. The molecule has 8 heavy (non-hydrogen) atoms. The Balaban J connectivity index is 2.32. The summed E-state index contributed by atoms with van der Waals surface area (Å²) >= 11 is 0. The van der Waals surface area contributed by atoms with Crippen LogP contribution in [-0.2, 0) is 0 Å². The molecular weight excluding hydrogens is 100 g/mol. The molecule has 1 atom stereocenters. The second kappa shape index (κ2) is 2.82. The highest BCUT2D eigenvalue weighted by atomic mass is 15.0. The lowest BCUT2D eigenvalue weighted by molar-refractivity contribution is 0.514. The molecule has 1 aliphatic rings. The fourth-order valence-electron chi connectivity index (χ4n) is 0.898. The van der Waals surface area contributed by atoms with E-state index in [1.54, 1.807) is 0 Å². The molecule has 0 aliphatic carbocycles. The lowest BCUT2D eigenvalue weighted by atomic mass is 10.2. The molecule has 0 radical (unpaired) electrons. The van der Waals surface area contributed by atoms with E-state index in [-0.39, 0.29) is 0 Å². The Bertz CT molecular complexity index is 88.5. The largest absolute Gasteiger partial charge is 0.299 e. The molecule has 1 aliphatic heterocycles. The second-order valence-corrected chi connectivity index (χ2v) is 2.07. The molecule has 0 aromatic carbocycles. The summed E-state index contributed by atoms with van der Waals surface area (Å²) in [5.74, 6) is 0. The number of rotatable bonds is 1. The van der Waals surface area contributed by atoms with Gasteiger partial charge in [-0.1, -0.05) is 0 Å². The van der Waals surface area contributed by atoms with Crippen molar-refractivity contribution in [1.29, 1.82) is 0 Å². The van der Waals surface area contributed by atoms with Gasteiger partial charge in [-0.05, 0) is 26.3 Å². The number of nitrogens with one attached hydrogen (secondary N) is 1. The molecular formula is C6H12N2. The average molecular weight is 112 g/mol. The minimum absolute atomic E-state index is 0.406. The van der Waals surface area contributed by atoms with E-state index in [1.807, 2.05) is 13.3 Å². The third-order valence-corrected chi connectivity index (χ3v) is 1.43. The Hall–Kier alpha value is -0.370. The first kappa shape index (κ1) is 5.76. The van der Waals surface area contributed by atoms with Crippen molar-refractivity contribution in [2.45, 2.75) is 25.4 Å². The second-order valence-electron chi connectivity index (χ2n) is 2.07. The Morgan fingerprint density at radius 3 is 3.00 bits per heavy atom. The van der Waals surface area contributed by atoms with Crippen LogP contribution in [0.3, 0.4) is 0 Å².